The number of unbranched alkanes of at least 4 members (excludes halogenated alkanes) is 1. The van der Waals surface area contributed by atoms with Gasteiger partial charge in [-0.15, -0.1) is 0 Å². The molecule has 0 fully saturated rings. The molecule has 0 aliphatic heterocycles. The zero-order chi connectivity index (χ0) is 22.6. The van der Waals surface area contributed by atoms with Crippen LogP contribution in [0.1, 0.15) is 36.5 Å². The van der Waals surface area contributed by atoms with Crippen molar-refractivity contribution in [3.05, 3.63) is 59.2 Å². The molecule has 11 heteroatoms. The van der Waals surface area contributed by atoms with Gasteiger partial charge in [-0.25, -0.2) is 13.1 Å². The molecule has 0 atom stereocenters. The van der Waals surface area contributed by atoms with Crippen LogP contribution in [0, 0.1) is 0 Å². The maximum Gasteiger partial charge on any atom is 0.416 e. The maximum atomic E-state index is 12.9. The summed E-state index contributed by atoms with van der Waals surface area (Å²) in [6.07, 6.45) is -8.29. The summed E-state index contributed by atoms with van der Waals surface area (Å²) in [7, 11) is -4.17. The van der Waals surface area contributed by atoms with Gasteiger partial charge in [0.05, 0.1) is 22.6 Å². The molecule has 0 radical (unpaired) electrons. The molecule has 166 valence electrons. The zero-order valence-electron chi connectivity index (χ0n) is 15.8. The van der Waals surface area contributed by atoms with Gasteiger partial charge >= 0.3 is 12.4 Å². The first kappa shape index (κ1) is 24.0. The number of nitrogens with one attached hydrogen (secondary N) is 1. The summed E-state index contributed by atoms with van der Waals surface area (Å²) < 4.78 is 110. The molecule has 2 aromatic rings. The Bertz CT molecular complexity index is 921. The Balaban J connectivity index is 2.19. The molecule has 2 aromatic carbocycles. The van der Waals surface area contributed by atoms with E-state index in [-0.39, 0.29) is 11.0 Å². The van der Waals surface area contributed by atoms with Crippen molar-refractivity contribution in [1.29, 1.82) is 0 Å². The Hall–Kier alpha value is -2.27. The van der Waals surface area contributed by atoms with Crippen LogP contribution in [0.4, 0.5) is 26.3 Å². The van der Waals surface area contributed by atoms with Gasteiger partial charge in [0.25, 0.3) is 0 Å². The Labute approximate surface area is 169 Å². The van der Waals surface area contributed by atoms with Crippen molar-refractivity contribution in [2.75, 3.05) is 6.61 Å². The normalized spacial score (nSPS) is 12.8. The van der Waals surface area contributed by atoms with Gasteiger partial charge < -0.3 is 4.74 Å². The first-order chi connectivity index (χ1) is 13.8. The molecule has 0 aromatic heterocycles. The van der Waals surface area contributed by atoms with Crippen LogP contribution in [0.3, 0.4) is 0 Å². The topological polar surface area (TPSA) is 55.4 Å². The maximum absolute atomic E-state index is 12.9. The first-order valence-corrected chi connectivity index (χ1v) is 10.3. The number of rotatable bonds is 8. The van der Waals surface area contributed by atoms with Crippen LogP contribution in [0.2, 0.25) is 0 Å². The fourth-order valence-corrected chi connectivity index (χ4v) is 3.45. The summed E-state index contributed by atoms with van der Waals surface area (Å²) in [4.78, 5) is -0.201. The van der Waals surface area contributed by atoms with Gasteiger partial charge in [-0.2, -0.15) is 26.3 Å². The van der Waals surface area contributed by atoms with E-state index in [0.717, 1.165) is 12.8 Å². The molecule has 0 aliphatic carbocycles. The van der Waals surface area contributed by atoms with Crippen LogP contribution < -0.4 is 9.46 Å². The minimum Gasteiger partial charge on any atom is -0.494 e. The third-order valence-electron chi connectivity index (χ3n) is 4.01. The number of alkyl halides is 6. The van der Waals surface area contributed by atoms with Crippen LogP contribution in [0.25, 0.3) is 0 Å². The van der Waals surface area contributed by atoms with Crippen LogP contribution in [0.5, 0.6) is 5.75 Å². The predicted molar refractivity (Wildman–Crippen MR) is 97.3 cm³/mol. The molecule has 0 saturated carbocycles. The molecular weight excluding hydrogens is 436 g/mol. The Morgan fingerprint density at radius 1 is 0.900 bits per heavy atom. The van der Waals surface area contributed by atoms with Crippen LogP contribution in [0.15, 0.2) is 47.4 Å². The summed E-state index contributed by atoms with van der Waals surface area (Å²) >= 11 is 0. The Morgan fingerprint density at radius 2 is 1.43 bits per heavy atom. The summed E-state index contributed by atoms with van der Waals surface area (Å²) in [6.45, 7) is 1.69. The molecule has 4 nitrogen and oxygen atoms in total. The van der Waals surface area contributed by atoms with E-state index in [1.54, 1.807) is 0 Å². The van der Waals surface area contributed by atoms with E-state index >= 15 is 0 Å². The quantitative estimate of drug-likeness (QED) is 0.430. The van der Waals surface area contributed by atoms with E-state index in [9.17, 15) is 34.8 Å². The summed E-state index contributed by atoms with van der Waals surface area (Å²) in [5.74, 6) is 0.440. The zero-order valence-corrected chi connectivity index (χ0v) is 16.6. The van der Waals surface area contributed by atoms with Gasteiger partial charge in [-0.3, -0.25) is 0 Å². The molecule has 1 N–H and O–H groups in total. The number of halogens is 6. The standard InChI is InChI=1S/C19H19F6NO3S/c1-2-3-8-29-16-4-6-17(7-5-16)30(27,28)26-12-13-9-14(18(20,21)22)11-15(10-13)19(23,24)25/h4-7,9-11,26H,2-3,8,12H2,1H3. The molecule has 30 heavy (non-hydrogen) atoms. The second kappa shape index (κ2) is 9.25. The van der Waals surface area contributed by atoms with Crippen LogP contribution in [-0.4, -0.2) is 15.0 Å². The number of benzene rings is 2. The molecule has 0 saturated heterocycles. The lowest BCUT2D eigenvalue weighted by Gasteiger charge is -2.15. The average molecular weight is 455 g/mol. The van der Waals surface area contributed by atoms with E-state index in [2.05, 4.69) is 0 Å². The Morgan fingerprint density at radius 3 is 1.90 bits per heavy atom. The molecule has 0 spiro atoms. The first-order valence-electron chi connectivity index (χ1n) is 8.84. The van der Waals surface area contributed by atoms with Gasteiger partial charge in [0.2, 0.25) is 10.0 Å². The number of sulfonamides is 1. The predicted octanol–water partition coefficient (Wildman–Crippen LogP) is 5.38. The highest BCUT2D eigenvalue weighted by molar-refractivity contribution is 7.89. The lowest BCUT2D eigenvalue weighted by atomic mass is 10.0. The molecular formula is C19H19F6NO3S. The minimum atomic E-state index is -5.01. The van der Waals surface area contributed by atoms with Crippen LogP contribution >= 0.6 is 0 Å². The second-order valence-electron chi connectivity index (χ2n) is 6.41. The Kier molecular flexibility index (Phi) is 7.40. The minimum absolute atomic E-state index is 0.0186. The van der Waals surface area contributed by atoms with Crippen molar-refractivity contribution in [3.8, 4) is 5.75 Å². The molecule has 0 bridgehead atoms. The van der Waals surface area contributed by atoms with Gasteiger partial charge in [0.15, 0.2) is 0 Å². The van der Waals surface area contributed by atoms with Crippen molar-refractivity contribution in [3.63, 3.8) is 0 Å². The number of hydrogen-bond donors (Lipinski definition) is 1. The molecule has 2 rings (SSSR count). The van der Waals surface area contributed by atoms with E-state index in [4.69, 9.17) is 4.74 Å². The van der Waals surface area contributed by atoms with Crippen molar-refractivity contribution in [1.82, 2.24) is 4.72 Å². The van der Waals surface area contributed by atoms with Gasteiger partial charge in [-0.05, 0) is 54.4 Å². The summed E-state index contributed by atoms with van der Waals surface area (Å²) in [6, 6.07) is 6.22. The smallest absolute Gasteiger partial charge is 0.416 e. The number of hydrogen-bond acceptors (Lipinski definition) is 3. The third-order valence-corrected chi connectivity index (χ3v) is 5.43. The SMILES string of the molecule is CCCCOc1ccc(S(=O)(=O)NCc2cc(C(F)(F)F)cc(C(F)(F)F)c2)cc1. The highest BCUT2D eigenvalue weighted by Gasteiger charge is 2.36. The number of ether oxygens (including phenoxy) is 1. The van der Waals surface area contributed by atoms with E-state index in [1.165, 1.54) is 24.3 Å². The monoisotopic (exact) mass is 455 g/mol. The van der Waals surface area contributed by atoms with Crippen molar-refractivity contribution >= 4 is 10.0 Å². The van der Waals surface area contributed by atoms with E-state index < -0.39 is 45.6 Å². The van der Waals surface area contributed by atoms with E-state index in [0.29, 0.717) is 24.5 Å². The lowest BCUT2D eigenvalue weighted by Crippen LogP contribution is -2.24. The summed E-state index contributed by atoms with van der Waals surface area (Å²) in [5, 5.41) is 0. The fourth-order valence-electron chi connectivity index (χ4n) is 2.43. The highest BCUT2D eigenvalue weighted by Crippen LogP contribution is 2.36. The van der Waals surface area contributed by atoms with Gasteiger partial charge in [-0.1, -0.05) is 13.3 Å². The average Bonchev–Trinajstić information content (AvgIpc) is 2.65. The largest absolute Gasteiger partial charge is 0.494 e. The molecule has 0 heterocycles. The van der Waals surface area contributed by atoms with Crippen molar-refractivity contribution in [2.24, 2.45) is 0 Å². The van der Waals surface area contributed by atoms with Crippen molar-refractivity contribution < 1.29 is 39.5 Å². The van der Waals surface area contributed by atoms with Gasteiger partial charge in [0, 0.05) is 6.54 Å². The third kappa shape index (κ3) is 6.63. The second-order valence-corrected chi connectivity index (χ2v) is 8.18. The molecule has 0 aliphatic rings. The van der Waals surface area contributed by atoms with Crippen molar-refractivity contribution in [2.45, 2.75) is 43.6 Å². The molecule has 0 unspecified atom stereocenters. The molecule has 0 amide bonds. The van der Waals surface area contributed by atoms with Gasteiger partial charge in [0.1, 0.15) is 5.75 Å². The van der Waals surface area contributed by atoms with E-state index in [1.807, 2.05) is 11.6 Å². The summed E-state index contributed by atoms with van der Waals surface area (Å²) in [5.41, 5.74) is -3.50. The van der Waals surface area contributed by atoms with Crippen LogP contribution in [-0.2, 0) is 28.9 Å². The highest BCUT2D eigenvalue weighted by atomic mass is 32.2. The fraction of sp³-hybridized carbons (Fsp3) is 0.368. The lowest BCUT2D eigenvalue weighted by molar-refractivity contribution is -0.143.